The van der Waals surface area contributed by atoms with Crippen molar-refractivity contribution in [3.05, 3.63) is 18.3 Å². The van der Waals surface area contributed by atoms with Crippen molar-refractivity contribution < 1.29 is 8.42 Å². The first kappa shape index (κ1) is 15.3. The van der Waals surface area contributed by atoms with E-state index >= 15 is 0 Å². The fraction of sp³-hybridized carbons (Fsp3) is 0.643. The lowest BCUT2D eigenvalue weighted by molar-refractivity contribution is 0.360. The molecule has 1 fully saturated rings. The Morgan fingerprint density at radius 3 is 2.70 bits per heavy atom. The van der Waals surface area contributed by atoms with Gasteiger partial charge in [-0.25, -0.2) is 13.4 Å². The number of anilines is 1. The first-order chi connectivity index (χ1) is 9.45. The summed E-state index contributed by atoms with van der Waals surface area (Å²) in [5.41, 5.74) is 0. The molecule has 0 aliphatic heterocycles. The molecule has 0 radical (unpaired) electrons. The second-order valence-electron chi connectivity index (χ2n) is 5.61. The Kier molecular flexibility index (Phi) is 4.65. The van der Waals surface area contributed by atoms with Crippen molar-refractivity contribution in [1.29, 1.82) is 0 Å². The maximum Gasteiger partial charge on any atom is 0.243 e. The quantitative estimate of drug-likeness (QED) is 0.839. The summed E-state index contributed by atoms with van der Waals surface area (Å²) in [5.74, 6) is 0.925. The highest BCUT2D eigenvalue weighted by molar-refractivity contribution is 7.89. The Morgan fingerprint density at radius 2 is 2.15 bits per heavy atom. The van der Waals surface area contributed by atoms with E-state index in [-0.39, 0.29) is 6.04 Å². The number of nitrogens with zero attached hydrogens (tertiary/aromatic N) is 2. The highest BCUT2D eigenvalue weighted by Crippen LogP contribution is 2.33. The zero-order valence-corrected chi connectivity index (χ0v) is 13.2. The number of hydrogen-bond acceptors (Lipinski definition) is 4. The van der Waals surface area contributed by atoms with E-state index in [0.29, 0.717) is 23.2 Å². The van der Waals surface area contributed by atoms with Gasteiger partial charge < -0.3 is 5.32 Å². The van der Waals surface area contributed by atoms with Crippen LogP contribution in [0.15, 0.2) is 23.2 Å². The maximum absolute atomic E-state index is 12.8. The van der Waals surface area contributed by atoms with E-state index in [9.17, 15) is 8.42 Å². The monoisotopic (exact) mass is 297 g/mol. The summed E-state index contributed by atoms with van der Waals surface area (Å²) < 4.78 is 27.2. The van der Waals surface area contributed by atoms with Gasteiger partial charge in [-0.15, -0.1) is 0 Å². The van der Waals surface area contributed by atoms with Crippen LogP contribution in [0.3, 0.4) is 0 Å². The average Bonchev–Trinajstić information content (AvgIpc) is 3.20. The SMILES string of the molecule is CCNc1cc(S(=O)(=O)N(CC(C)C)C2CC2)ccn1. The normalized spacial score (nSPS) is 15.8. The fourth-order valence-electron chi connectivity index (χ4n) is 2.15. The number of pyridine rings is 1. The molecule has 1 N–H and O–H groups in total. The van der Waals surface area contributed by atoms with Crippen molar-refractivity contribution in [3.63, 3.8) is 0 Å². The highest BCUT2D eigenvalue weighted by atomic mass is 32.2. The molecule has 6 heteroatoms. The standard InChI is InChI=1S/C14H23N3O2S/c1-4-15-14-9-13(7-8-16-14)20(18,19)17(10-11(2)3)12-5-6-12/h7-9,11-12H,4-6,10H2,1-3H3,(H,15,16). The van der Waals surface area contributed by atoms with Crippen LogP contribution in [-0.4, -0.2) is 36.8 Å². The van der Waals surface area contributed by atoms with Crippen LogP contribution in [0, 0.1) is 5.92 Å². The first-order valence-corrected chi connectivity index (χ1v) is 8.61. The number of rotatable bonds is 7. The van der Waals surface area contributed by atoms with Crippen LogP contribution in [0.5, 0.6) is 0 Å². The topological polar surface area (TPSA) is 62.3 Å². The zero-order chi connectivity index (χ0) is 14.8. The zero-order valence-electron chi connectivity index (χ0n) is 12.3. The Bertz CT molecular complexity index is 553. The molecule has 0 spiro atoms. The smallest absolute Gasteiger partial charge is 0.243 e. The van der Waals surface area contributed by atoms with Gasteiger partial charge in [0.25, 0.3) is 0 Å². The summed E-state index contributed by atoms with van der Waals surface area (Å²) in [4.78, 5) is 4.46. The van der Waals surface area contributed by atoms with Crippen molar-refractivity contribution in [2.24, 2.45) is 5.92 Å². The van der Waals surface area contributed by atoms with Gasteiger partial charge in [-0.1, -0.05) is 13.8 Å². The molecular formula is C14H23N3O2S. The second kappa shape index (κ2) is 6.10. The molecule has 1 aromatic rings. The molecular weight excluding hydrogens is 274 g/mol. The van der Waals surface area contributed by atoms with Crippen molar-refractivity contribution >= 4 is 15.8 Å². The van der Waals surface area contributed by atoms with Crippen LogP contribution >= 0.6 is 0 Å². The fourth-order valence-corrected chi connectivity index (χ4v) is 4.01. The Labute approximate surface area is 121 Å². The van der Waals surface area contributed by atoms with Gasteiger partial charge in [0.05, 0.1) is 4.90 Å². The molecule has 112 valence electrons. The van der Waals surface area contributed by atoms with Crippen LogP contribution < -0.4 is 5.32 Å². The third-order valence-corrected chi connectivity index (χ3v) is 5.11. The Balaban J connectivity index is 2.29. The number of hydrogen-bond donors (Lipinski definition) is 1. The molecule has 5 nitrogen and oxygen atoms in total. The number of sulfonamides is 1. The molecule has 0 unspecified atom stereocenters. The van der Waals surface area contributed by atoms with E-state index in [2.05, 4.69) is 10.3 Å². The summed E-state index contributed by atoms with van der Waals surface area (Å²) in [7, 11) is -3.42. The lowest BCUT2D eigenvalue weighted by atomic mass is 10.2. The van der Waals surface area contributed by atoms with Crippen LogP contribution in [-0.2, 0) is 10.0 Å². The predicted octanol–water partition coefficient (Wildman–Crippen LogP) is 2.32. The van der Waals surface area contributed by atoms with E-state index < -0.39 is 10.0 Å². The first-order valence-electron chi connectivity index (χ1n) is 7.17. The summed E-state index contributed by atoms with van der Waals surface area (Å²) in [6, 6.07) is 3.37. The molecule has 2 rings (SSSR count). The molecule has 1 aromatic heterocycles. The number of aromatic nitrogens is 1. The van der Waals surface area contributed by atoms with Gasteiger partial charge >= 0.3 is 0 Å². The second-order valence-corrected chi connectivity index (χ2v) is 7.50. The number of nitrogens with one attached hydrogen (secondary N) is 1. The van der Waals surface area contributed by atoms with Crippen molar-refractivity contribution in [2.75, 3.05) is 18.4 Å². The molecule has 20 heavy (non-hydrogen) atoms. The predicted molar refractivity (Wildman–Crippen MR) is 80.2 cm³/mol. The summed E-state index contributed by atoms with van der Waals surface area (Å²) >= 11 is 0. The highest BCUT2D eigenvalue weighted by Gasteiger charge is 2.38. The molecule has 0 atom stereocenters. The van der Waals surface area contributed by atoms with Gasteiger partial charge in [-0.3, -0.25) is 0 Å². The van der Waals surface area contributed by atoms with Gasteiger partial charge in [0, 0.05) is 31.4 Å². The largest absolute Gasteiger partial charge is 0.370 e. The van der Waals surface area contributed by atoms with Crippen LogP contribution in [0.2, 0.25) is 0 Å². The van der Waals surface area contributed by atoms with E-state index in [1.165, 1.54) is 0 Å². The van der Waals surface area contributed by atoms with Gasteiger partial charge in [-0.05, 0) is 31.7 Å². The van der Waals surface area contributed by atoms with Crippen molar-refractivity contribution in [1.82, 2.24) is 9.29 Å². The third kappa shape index (κ3) is 3.49. The minimum Gasteiger partial charge on any atom is -0.370 e. The van der Waals surface area contributed by atoms with Crippen molar-refractivity contribution in [3.8, 4) is 0 Å². The van der Waals surface area contributed by atoms with Crippen LogP contribution in [0.25, 0.3) is 0 Å². The molecule has 1 heterocycles. The maximum atomic E-state index is 12.8. The third-order valence-electron chi connectivity index (χ3n) is 3.20. The van der Waals surface area contributed by atoms with Crippen LogP contribution in [0.1, 0.15) is 33.6 Å². The van der Waals surface area contributed by atoms with Crippen LogP contribution in [0.4, 0.5) is 5.82 Å². The molecule has 0 bridgehead atoms. The Hall–Kier alpha value is -1.14. The van der Waals surface area contributed by atoms with Crippen molar-refractivity contribution in [2.45, 2.75) is 44.6 Å². The average molecular weight is 297 g/mol. The van der Waals surface area contributed by atoms with Gasteiger partial charge in [-0.2, -0.15) is 4.31 Å². The lowest BCUT2D eigenvalue weighted by Crippen LogP contribution is -2.36. The minimum absolute atomic E-state index is 0.179. The van der Waals surface area contributed by atoms with E-state index in [4.69, 9.17) is 0 Å². The van der Waals surface area contributed by atoms with Gasteiger partial charge in [0.1, 0.15) is 5.82 Å². The molecule has 0 saturated heterocycles. The molecule has 1 aliphatic carbocycles. The molecule has 0 aromatic carbocycles. The van der Waals surface area contributed by atoms with Gasteiger partial charge in [0.15, 0.2) is 0 Å². The minimum atomic E-state index is -3.42. The summed E-state index contributed by atoms with van der Waals surface area (Å²) in [5, 5.41) is 3.05. The molecule has 1 aliphatic rings. The van der Waals surface area contributed by atoms with E-state index in [0.717, 1.165) is 19.4 Å². The molecule has 1 saturated carbocycles. The molecule has 0 amide bonds. The lowest BCUT2D eigenvalue weighted by Gasteiger charge is -2.23. The summed E-state index contributed by atoms with van der Waals surface area (Å²) in [6.07, 6.45) is 3.49. The summed E-state index contributed by atoms with van der Waals surface area (Å²) in [6.45, 7) is 7.34. The van der Waals surface area contributed by atoms with E-state index in [1.54, 1.807) is 22.6 Å². The van der Waals surface area contributed by atoms with Gasteiger partial charge in [0.2, 0.25) is 10.0 Å². The van der Waals surface area contributed by atoms with E-state index in [1.807, 2.05) is 20.8 Å². The Morgan fingerprint density at radius 1 is 1.45 bits per heavy atom.